The van der Waals surface area contributed by atoms with Crippen molar-refractivity contribution in [1.29, 1.82) is 0 Å². The van der Waals surface area contributed by atoms with Crippen LogP contribution in [-0.4, -0.2) is 20.8 Å². The quantitative estimate of drug-likeness (QED) is 0.0391. The Morgan fingerprint density at radius 1 is 0.343 bits per heavy atom. The number of benzene rings is 3. The molecule has 3 rings (SSSR count). The molecule has 0 aliphatic carbocycles. The van der Waals surface area contributed by atoms with Gasteiger partial charge in [-0.25, -0.2) is 0 Å². The Kier molecular flexibility index (Phi) is 32.6. The van der Waals surface area contributed by atoms with Crippen molar-refractivity contribution in [2.24, 2.45) is 0 Å². The molecule has 0 radical (unpaired) electrons. The molecule has 0 spiro atoms. The summed E-state index contributed by atoms with van der Waals surface area (Å²) in [5.74, 6) is 0.412. The van der Waals surface area contributed by atoms with E-state index in [0.717, 1.165) is 19.3 Å². The van der Waals surface area contributed by atoms with Crippen molar-refractivity contribution in [3.8, 4) is 0 Å². The molecule has 3 N–H and O–H groups in total. The van der Waals surface area contributed by atoms with Crippen molar-refractivity contribution in [3.05, 3.63) is 100 Å². The standard InChI is InChI=1S/C63H107O3P/c1-5-9-13-17-21-27-34-42-56-49-51-61(58(54-56)44-36-29-23-19-15-11-7-3)63(48-40-31-25-26-32-41-53-67(64,65,66)60-46-38-33-39-47-60)62-52-50-57(43-35-28-22-18-14-10-6-2)55-59(62)45-37-30-24-20-16-12-8-4/h33,38-39,46-47,49-52,54-55,63-66H,5-32,34-37,40-45,48,53H2,1-4H3. The summed E-state index contributed by atoms with van der Waals surface area (Å²) in [5.41, 5.74) is 9.58. The van der Waals surface area contributed by atoms with Gasteiger partial charge in [0.25, 0.3) is 0 Å². The van der Waals surface area contributed by atoms with Crippen LogP contribution in [0.3, 0.4) is 0 Å². The van der Waals surface area contributed by atoms with E-state index in [0.29, 0.717) is 12.3 Å². The first-order valence-electron chi connectivity index (χ1n) is 29.3. The van der Waals surface area contributed by atoms with Crippen LogP contribution >= 0.6 is 7.28 Å². The van der Waals surface area contributed by atoms with Gasteiger partial charge in [0.1, 0.15) is 0 Å². The van der Waals surface area contributed by atoms with E-state index in [4.69, 9.17) is 0 Å². The van der Waals surface area contributed by atoms with E-state index in [2.05, 4.69) is 64.1 Å². The van der Waals surface area contributed by atoms with E-state index in [1.54, 1.807) is 57.6 Å². The summed E-state index contributed by atoms with van der Waals surface area (Å²) in [7, 11) is -4.82. The average Bonchev–Trinajstić information content (AvgIpc) is 3.33. The zero-order valence-corrected chi connectivity index (χ0v) is 45.4. The first-order chi connectivity index (χ1) is 32.7. The predicted octanol–water partition coefficient (Wildman–Crippen LogP) is 19.3. The normalized spacial score (nSPS) is 12.6. The van der Waals surface area contributed by atoms with Crippen LogP contribution in [0, 0.1) is 0 Å². The van der Waals surface area contributed by atoms with Crippen LogP contribution in [0.1, 0.15) is 292 Å². The smallest absolute Gasteiger partial charge is 0.0654 e. The number of hydrogen-bond donors (Lipinski definition) is 3. The summed E-state index contributed by atoms with van der Waals surface area (Å²) in [6.07, 6.45) is 50.0. The molecule has 3 aromatic rings. The van der Waals surface area contributed by atoms with Crippen molar-refractivity contribution in [1.82, 2.24) is 0 Å². The van der Waals surface area contributed by atoms with Crippen LogP contribution in [0.4, 0.5) is 0 Å². The Bertz CT molecular complexity index is 1540. The van der Waals surface area contributed by atoms with Crippen LogP contribution in [0.5, 0.6) is 0 Å². The topological polar surface area (TPSA) is 60.7 Å². The minimum absolute atomic E-state index is 0.0463. The van der Waals surface area contributed by atoms with Crippen LogP contribution in [0.15, 0.2) is 66.7 Å². The molecular formula is C63H107O3P. The van der Waals surface area contributed by atoms with E-state index >= 15 is 0 Å². The number of aryl methyl sites for hydroxylation is 4. The van der Waals surface area contributed by atoms with Gasteiger partial charge in [-0.1, -0.05) is 182 Å². The van der Waals surface area contributed by atoms with Gasteiger partial charge in [0.05, 0.1) is 0 Å². The van der Waals surface area contributed by atoms with E-state index in [9.17, 15) is 14.7 Å². The Hall–Kier alpha value is -2.03. The molecule has 0 aliphatic rings. The fourth-order valence-corrected chi connectivity index (χ4v) is 12.5. The van der Waals surface area contributed by atoms with Crippen molar-refractivity contribution in [2.75, 3.05) is 6.16 Å². The third-order valence-electron chi connectivity index (χ3n) is 15.0. The summed E-state index contributed by atoms with van der Waals surface area (Å²) < 4.78 is 0. The summed E-state index contributed by atoms with van der Waals surface area (Å²) in [5, 5.41) is 0.272. The molecule has 3 aromatic carbocycles. The summed E-state index contributed by atoms with van der Waals surface area (Å²) in [6.45, 7) is 9.27. The molecule has 0 bridgehead atoms. The predicted molar refractivity (Wildman–Crippen MR) is 298 cm³/mol. The van der Waals surface area contributed by atoms with Gasteiger partial charge in [0.15, 0.2) is 0 Å². The second-order valence-electron chi connectivity index (χ2n) is 21.2. The molecule has 0 aromatic heterocycles. The van der Waals surface area contributed by atoms with Gasteiger partial charge in [-0.15, -0.1) is 0 Å². The minimum Gasteiger partial charge on any atom is -0.0654 e. The Morgan fingerprint density at radius 2 is 0.672 bits per heavy atom. The fraction of sp³-hybridized carbons (Fsp3) is 0.714. The molecule has 0 aliphatic heterocycles. The molecule has 0 unspecified atom stereocenters. The number of unbranched alkanes of at least 4 members (excludes halogenated alkanes) is 29. The molecule has 0 fully saturated rings. The van der Waals surface area contributed by atoms with Crippen molar-refractivity contribution in [3.63, 3.8) is 0 Å². The molecule has 382 valence electrons. The van der Waals surface area contributed by atoms with Crippen LogP contribution in [0.2, 0.25) is 0 Å². The SMILES string of the molecule is CCCCCCCCCc1ccc(C(CCCCCCCCP(O)(O)(O)c2ccccc2)c2ccc(CCCCCCCCC)cc2CCCCCCCCC)c(CCCCCCCCC)c1. The van der Waals surface area contributed by atoms with Crippen LogP contribution in [0.25, 0.3) is 0 Å². The van der Waals surface area contributed by atoms with Gasteiger partial charge >= 0.3 is 186 Å². The molecule has 67 heavy (non-hydrogen) atoms. The van der Waals surface area contributed by atoms with E-state index < -0.39 is 7.28 Å². The summed E-state index contributed by atoms with van der Waals surface area (Å²) >= 11 is 0. The Labute approximate surface area is 415 Å². The molecule has 0 amide bonds. The number of hydrogen-bond acceptors (Lipinski definition) is 3. The molecular weight excluding hydrogens is 836 g/mol. The summed E-state index contributed by atoms with van der Waals surface area (Å²) in [4.78, 5) is 32.7. The molecule has 0 heterocycles. The van der Waals surface area contributed by atoms with Crippen LogP contribution in [-0.2, 0) is 25.7 Å². The molecule has 0 saturated heterocycles. The first kappa shape index (κ1) is 59.3. The monoisotopic (exact) mass is 943 g/mol. The second-order valence-corrected chi connectivity index (χ2v) is 24.5. The van der Waals surface area contributed by atoms with E-state index in [-0.39, 0.29) is 11.5 Å². The zero-order valence-electron chi connectivity index (χ0n) is 44.5. The Morgan fingerprint density at radius 3 is 1.06 bits per heavy atom. The van der Waals surface area contributed by atoms with Crippen molar-refractivity contribution < 1.29 is 14.7 Å². The second kappa shape index (κ2) is 36.8. The molecule has 3 nitrogen and oxygen atoms in total. The Balaban J connectivity index is 1.86. The van der Waals surface area contributed by atoms with E-state index in [1.807, 2.05) is 6.07 Å². The maximum atomic E-state index is 10.9. The average molecular weight is 944 g/mol. The van der Waals surface area contributed by atoms with Crippen LogP contribution < -0.4 is 5.30 Å². The zero-order chi connectivity index (χ0) is 48.1. The van der Waals surface area contributed by atoms with Crippen molar-refractivity contribution in [2.45, 2.75) is 284 Å². The minimum atomic E-state index is -4.82. The molecule has 4 heteroatoms. The van der Waals surface area contributed by atoms with Gasteiger partial charge in [0.2, 0.25) is 0 Å². The fourth-order valence-electron chi connectivity index (χ4n) is 10.7. The summed E-state index contributed by atoms with van der Waals surface area (Å²) in [6, 6.07) is 24.2. The molecule has 0 saturated carbocycles. The van der Waals surface area contributed by atoms with E-state index in [1.165, 1.54) is 225 Å². The third-order valence-corrected chi connectivity index (χ3v) is 17.5. The van der Waals surface area contributed by atoms with Crippen molar-refractivity contribution >= 4 is 12.6 Å². The number of rotatable bonds is 44. The van der Waals surface area contributed by atoms with Gasteiger partial charge in [-0.2, -0.15) is 0 Å². The van der Waals surface area contributed by atoms with Gasteiger partial charge < -0.3 is 0 Å². The first-order valence-corrected chi connectivity index (χ1v) is 31.5. The van der Waals surface area contributed by atoms with Gasteiger partial charge in [0, 0.05) is 0 Å². The van der Waals surface area contributed by atoms with Gasteiger partial charge in [-0.05, 0) is 49.7 Å². The third kappa shape index (κ3) is 26.1. The van der Waals surface area contributed by atoms with Gasteiger partial charge in [-0.3, -0.25) is 0 Å². The maximum absolute atomic E-state index is 10.9. The molecule has 0 atom stereocenters.